The second-order valence-electron chi connectivity index (χ2n) is 7.06. The molecule has 0 aromatic carbocycles. The average Bonchev–Trinajstić information content (AvgIpc) is 2.46. The first-order valence-corrected chi connectivity index (χ1v) is 8.17. The Morgan fingerprint density at radius 3 is 2.48 bits per heavy atom. The summed E-state index contributed by atoms with van der Waals surface area (Å²) in [6.07, 6.45) is 4.90. The summed E-state index contributed by atoms with van der Waals surface area (Å²) >= 11 is 0. The van der Waals surface area contributed by atoms with E-state index in [0.29, 0.717) is 24.8 Å². The van der Waals surface area contributed by atoms with E-state index >= 15 is 0 Å². The zero-order valence-corrected chi connectivity index (χ0v) is 13.2. The average molecular weight is 296 g/mol. The first-order chi connectivity index (χ1) is 9.93. The lowest BCUT2D eigenvalue weighted by Crippen LogP contribution is -2.48. The number of carbonyl (C=O) groups is 2. The van der Waals surface area contributed by atoms with Crippen LogP contribution in [0.5, 0.6) is 0 Å². The topological polar surface area (TPSA) is 78.4 Å². The summed E-state index contributed by atoms with van der Waals surface area (Å²) in [5.41, 5.74) is -0.749. The lowest BCUT2D eigenvalue weighted by molar-refractivity contribution is -0.151. The predicted octanol–water partition coefficient (Wildman–Crippen LogP) is 1.77. The molecular weight excluding hydrogens is 268 g/mol. The smallest absolute Gasteiger partial charge is 0.311 e. The molecule has 1 heterocycles. The fourth-order valence-electron chi connectivity index (χ4n) is 3.55. The minimum Gasteiger partial charge on any atom is -0.481 e. The minimum absolute atomic E-state index is 0.0228. The van der Waals surface area contributed by atoms with Crippen molar-refractivity contribution in [2.45, 2.75) is 58.4 Å². The Morgan fingerprint density at radius 2 is 1.90 bits per heavy atom. The second kappa shape index (κ2) is 6.77. The van der Waals surface area contributed by atoms with Crippen molar-refractivity contribution in [2.24, 2.45) is 17.3 Å². The van der Waals surface area contributed by atoms with Gasteiger partial charge in [0.25, 0.3) is 0 Å². The third-order valence-electron chi connectivity index (χ3n) is 5.28. The molecular formula is C16H28N2O3. The van der Waals surface area contributed by atoms with Crippen molar-refractivity contribution in [3.8, 4) is 0 Å². The SMILES string of the molecule is CC1CCC(CNC(=O)C2CCNC(C)C2)(C(=O)O)CC1. The predicted molar refractivity (Wildman–Crippen MR) is 80.9 cm³/mol. The van der Waals surface area contributed by atoms with Gasteiger partial charge < -0.3 is 15.7 Å². The van der Waals surface area contributed by atoms with Gasteiger partial charge >= 0.3 is 5.97 Å². The minimum atomic E-state index is -0.756. The van der Waals surface area contributed by atoms with Crippen LogP contribution in [0, 0.1) is 17.3 Å². The third kappa shape index (κ3) is 3.96. The molecule has 1 saturated carbocycles. The lowest BCUT2D eigenvalue weighted by atomic mass is 9.70. The van der Waals surface area contributed by atoms with E-state index in [4.69, 9.17) is 0 Å². The van der Waals surface area contributed by atoms with E-state index in [1.165, 1.54) is 0 Å². The van der Waals surface area contributed by atoms with Gasteiger partial charge in [-0.15, -0.1) is 0 Å². The molecule has 5 heteroatoms. The number of carbonyl (C=O) groups excluding carboxylic acids is 1. The normalized spacial score (nSPS) is 37.0. The summed E-state index contributed by atoms with van der Waals surface area (Å²) < 4.78 is 0. The van der Waals surface area contributed by atoms with Gasteiger partial charge in [0.2, 0.25) is 5.91 Å². The number of nitrogens with one attached hydrogen (secondary N) is 2. The van der Waals surface area contributed by atoms with Gasteiger partial charge in [-0.05, 0) is 57.9 Å². The maximum Gasteiger partial charge on any atom is 0.311 e. The van der Waals surface area contributed by atoms with E-state index in [2.05, 4.69) is 24.5 Å². The maximum absolute atomic E-state index is 12.3. The van der Waals surface area contributed by atoms with Crippen molar-refractivity contribution >= 4 is 11.9 Å². The molecule has 2 aliphatic rings. The molecule has 1 aliphatic heterocycles. The van der Waals surface area contributed by atoms with Crippen LogP contribution in [0.3, 0.4) is 0 Å². The number of rotatable bonds is 4. The van der Waals surface area contributed by atoms with Gasteiger partial charge in [-0.1, -0.05) is 6.92 Å². The molecule has 2 rings (SSSR count). The highest BCUT2D eigenvalue weighted by Crippen LogP contribution is 2.38. The maximum atomic E-state index is 12.3. The van der Waals surface area contributed by atoms with Crippen molar-refractivity contribution in [1.29, 1.82) is 0 Å². The number of hydrogen-bond donors (Lipinski definition) is 3. The monoisotopic (exact) mass is 296 g/mol. The molecule has 1 amide bonds. The van der Waals surface area contributed by atoms with Crippen molar-refractivity contribution in [1.82, 2.24) is 10.6 Å². The molecule has 21 heavy (non-hydrogen) atoms. The van der Waals surface area contributed by atoms with Crippen molar-refractivity contribution in [3.05, 3.63) is 0 Å². The van der Waals surface area contributed by atoms with Crippen LogP contribution in [0.2, 0.25) is 0 Å². The van der Waals surface area contributed by atoms with Crippen molar-refractivity contribution in [2.75, 3.05) is 13.1 Å². The zero-order chi connectivity index (χ0) is 15.5. The Labute approximate surface area is 126 Å². The van der Waals surface area contributed by atoms with Crippen molar-refractivity contribution in [3.63, 3.8) is 0 Å². The Bertz CT molecular complexity index is 389. The summed E-state index contributed by atoms with van der Waals surface area (Å²) in [6, 6.07) is 0.360. The molecule has 2 fully saturated rings. The highest BCUT2D eigenvalue weighted by atomic mass is 16.4. The molecule has 0 bridgehead atoms. The van der Waals surface area contributed by atoms with Crippen LogP contribution in [-0.4, -0.2) is 36.1 Å². The molecule has 5 nitrogen and oxygen atoms in total. The number of piperidine rings is 1. The summed E-state index contributed by atoms with van der Waals surface area (Å²) in [6.45, 7) is 5.40. The van der Waals surface area contributed by atoms with E-state index in [1.54, 1.807) is 0 Å². The number of hydrogen-bond acceptors (Lipinski definition) is 3. The molecule has 2 unspecified atom stereocenters. The van der Waals surface area contributed by atoms with Gasteiger partial charge in [0, 0.05) is 18.5 Å². The molecule has 0 aromatic heterocycles. The fraction of sp³-hybridized carbons (Fsp3) is 0.875. The first-order valence-electron chi connectivity index (χ1n) is 8.17. The van der Waals surface area contributed by atoms with Crippen LogP contribution in [0.4, 0.5) is 0 Å². The van der Waals surface area contributed by atoms with Crippen LogP contribution in [-0.2, 0) is 9.59 Å². The largest absolute Gasteiger partial charge is 0.481 e. The van der Waals surface area contributed by atoms with Crippen LogP contribution in [0.25, 0.3) is 0 Å². The molecule has 120 valence electrons. The van der Waals surface area contributed by atoms with Gasteiger partial charge in [0.05, 0.1) is 5.41 Å². The zero-order valence-electron chi connectivity index (χ0n) is 13.2. The molecule has 3 N–H and O–H groups in total. The van der Waals surface area contributed by atoms with Crippen LogP contribution in [0.1, 0.15) is 52.4 Å². The number of carboxylic acid groups (broad SMARTS) is 1. The Hall–Kier alpha value is -1.10. The number of aliphatic carboxylic acids is 1. The van der Waals surface area contributed by atoms with E-state index in [1.807, 2.05) is 0 Å². The highest BCUT2D eigenvalue weighted by Gasteiger charge is 2.41. The summed E-state index contributed by atoms with van der Waals surface area (Å²) in [7, 11) is 0. The molecule has 0 spiro atoms. The number of amides is 1. The summed E-state index contributed by atoms with van der Waals surface area (Å²) in [4.78, 5) is 23.9. The molecule has 0 radical (unpaired) electrons. The Morgan fingerprint density at radius 1 is 1.24 bits per heavy atom. The molecule has 2 atom stereocenters. The molecule has 0 aromatic rings. The van der Waals surface area contributed by atoms with Gasteiger partial charge in [0.15, 0.2) is 0 Å². The quantitative estimate of drug-likeness (QED) is 0.739. The summed E-state index contributed by atoms with van der Waals surface area (Å²) in [5.74, 6) is -0.107. The molecule has 1 saturated heterocycles. The third-order valence-corrected chi connectivity index (χ3v) is 5.28. The molecule has 1 aliphatic carbocycles. The second-order valence-corrected chi connectivity index (χ2v) is 7.06. The van der Waals surface area contributed by atoms with Gasteiger partial charge in [-0.3, -0.25) is 9.59 Å². The van der Waals surface area contributed by atoms with E-state index < -0.39 is 11.4 Å². The highest BCUT2D eigenvalue weighted by molar-refractivity contribution is 5.81. The van der Waals surface area contributed by atoms with Crippen LogP contribution < -0.4 is 10.6 Å². The van der Waals surface area contributed by atoms with E-state index in [9.17, 15) is 14.7 Å². The number of carboxylic acids is 1. The van der Waals surface area contributed by atoms with E-state index in [0.717, 1.165) is 32.2 Å². The van der Waals surface area contributed by atoms with Crippen LogP contribution >= 0.6 is 0 Å². The summed E-state index contributed by atoms with van der Waals surface area (Å²) in [5, 5.41) is 15.8. The first kappa shape index (κ1) is 16.3. The standard InChI is InChI=1S/C16H28N2O3/c1-11-3-6-16(7-4-11,15(20)21)10-18-14(19)13-5-8-17-12(2)9-13/h11-13,17H,3-10H2,1-2H3,(H,18,19)(H,20,21). The Balaban J connectivity index is 1.90. The Kier molecular flexibility index (Phi) is 5.25. The lowest BCUT2D eigenvalue weighted by Gasteiger charge is -2.36. The van der Waals surface area contributed by atoms with Gasteiger partial charge in [-0.25, -0.2) is 0 Å². The van der Waals surface area contributed by atoms with Crippen molar-refractivity contribution < 1.29 is 14.7 Å². The fourth-order valence-corrected chi connectivity index (χ4v) is 3.55. The van der Waals surface area contributed by atoms with Gasteiger partial charge in [-0.2, -0.15) is 0 Å². The van der Waals surface area contributed by atoms with Crippen LogP contribution in [0.15, 0.2) is 0 Å². The van der Waals surface area contributed by atoms with E-state index in [-0.39, 0.29) is 18.4 Å². The van der Waals surface area contributed by atoms with Gasteiger partial charge in [0.1, 0.15) is 0 Å².